The van der Waals surface area contributed by atoms with Crippen LogP contribution in [0.2, 0.25) is 5.02 Å². The van der Waals surface area contributed by atoms with Crippen LogP contribution in [-0.2, 0) is 4.74 Å². The average molecular weight is 370 g/mol. The number of nitrogens with zero attached hydrogens (tertiary/aromatic N) is 2. The predicted octanol–water partition coefficient (Wildman–Crippen LogP) is 3.95. The number of hydrogen-bond acceptors (Lipinski definition) is 4. The molecule has 0 saturated heterocycles. The van der Waals surface area contributed by atoms with Gasteiger partial charge in [-0.2, -0.15) is 5.10 Å². The van der Waals surface area contributed by atoms with Crippen LogP contribution in [-0.4, -0.2) is 28.3 Å². The Morgan fingerprint density at radius 1 is 1.08 bits per heavy atom. The molecule has 6 nitrogen and oxygen atoms in total. The van der Waals surface area contributed by atoms with Gasteiger partial charge in [0.05, 0.1) is 12.3 Å². The van der Waals surface area contributed by atoms with Crippen molar-refractivity contribution in [2.24, 2.45) is 0 Å². The summed E-state index contributed by atoms with van der Waals surface area (Å²) in [5.41, 5.74) is 2.16. The second kappa shape index (κ2) is 7.84. The van der Waals surface area contributed by atoms with Gasteiger partial charge in [-0.3, -0.25) is 4.79 Å². The van der Waals surface area contributed by atoms with Gasteiger partial charge in [0.15, 0.2) is 5.69 Å². The first-order valence-corrected chi connectivity index (χ1v) is 8.35. The molecule has 1 amide bonds. The number of halogens is 1. The topological polar surface area (TPSA) is 73.2 Å². The van der Waals surface area contributed by atoms with E-state index < -0.39 is 5.97 Å². The summed E-state index contributed by atoms with van der Waals surface area (Å²) in [7, 11) is 0. The molecule has 1 N–H and O–H groups in total. The lowest BCUT2D eigenvalue weighted by atomic mass is 10.2. The summed E-state index contributed by atoms with van der Waals surface area (Å²) in [5, 5.41) is 7.57. The lowest BCUT2D eigenvalue weighted by Gasteiger charge is -2.07. The van der Waals surface area contributed by atoms with Gasteiger partial charge in [0.1, 0.15) is 0 Å². The minimum Gasteiger partial charge on any atom is -0.461 e. The molecule has 132 valence electrons. The molecule has 0 saturated carbocycles. The zero-order valence-electron chi connectivity index (χ0n) is 14.0. The third-order valence-corrected chi connectivity index (χ3v) is 3.82. The first kappa shape index (κ1) is 17.7. The van der Waals surface area contributed by atoms with Crippen LogP contribution in [0.5, 0.6) is 0 Å². The van der Waals surface area contributed by atoms with Gasteiger partial charge in [-0.15, -0.1) is 0 Å². The Morgan fingerprint density at radius 2 is 1.77 bits per heavy atom. The van der Waals surface area contributed by atoms with Crippen molar-refractivity contribution in [2.45, 2.75) is 6.92 Å². The molecule has 0 radical (unpaired) electrons. The number of hydrogen-bond donors (Lipinski definition) is 1. The van der Waals surface area contributed by atoms with Crippen molar-refractivity contribution in [1.29, 1.82) is 0 Å². The number of nitrogens with one attached hydrogen (secondary N) is 1. The summed E-state index contributed by atoms with van der Waals surface area (Å²) in [6.45, 7) is 2.04. The van der Waals surface area contributed by atoms with E-state index in [1.165, 1.54) is 0 Å². The van der Waals surface area contributed by atoms with Gasteiger partial charge in [-0.25, -0.2) is 9.48 Å². The Labute approximate surface area is 155 Å². The lowest BCUT2D eigenvalue weighted by Crippen LogP contribution is -2.11. The normalized spacial score (nSPS) is 10.4. The quantitative estimate of drug-likeness (QED) is 0.691. The highest BCUT2D eigenvalue weighted by Gasteiger charge is 2.11. The fraction of sp³-hybridized carbons (Fsp3) is 0.105. The molecule has 0 aliphatic heterocycles. The number of aromatic nitrogens is 2. The fourth-order valence-corrected chi connectivity index (χ4v) is 2.41. The average Bonchev–Trinajstić information content (AvgIpc) is 3.13. The highest BCUT2D eigenvalue weighted by atomic mass is 35.5. The number of anilines is 1. The van der Waals surface area contributed by atoms with Crippen LogP contribution in [0, 0.1) is 0 Å². The molecule has 0 aliphatic carbocycles. The molecule has 2 aromatic carbocycles. The van der Waals surface area contributed by atoms with Crippen LogP contribution >= 0.6 is 11.6 Å². The number of rotatable bonds is 5. The summed E-state index contributed by atoms with van der Waals surface area (Å²) < 4.78 is 6.49. The highest BCUT2D eigenvalue weighted by Crippen LogP contribution is 2.16. The molecular weight excluding hydrogens is 354 g/mol. The molecule has 0 bridgehead atoms. The Balaban J connectivity index is 1.69. The molecule has 3 aromatic rings. The third kappa shape index (κ3) is 4.10. The van der Waals surface area contributed by atoms with Crippen molar-refractivity contribution in [3.8, 4) is 5.69 Å². The van der Waals surface area contributed by atoms with Crippen molar-refractivity contribution >= 4 is 29.2 Å². The maximum absolute atomic E-state index is 12.2. The highest BCUT2D eigenvalue weighted by molar-refractivity contribution is 6.30. The van der Waals surface area contributed by atoms with Gasteiger partial charge in [0, 0.05) is 22.5 Å². The van der Waals surface area contributed by atoms with Crippen molar-refractivity contribution in [1.82, 2.24) is 9.78 Å². The number of carbonyl (C=O) groups excluding carboxylic acids is 2. The summed E-state index contributed by atoms with van der Waals surface area (Å²) in [4.78, 5) is 23.9. The Hall–Kier alpha value is -3.12. The van der Waals surface area contributed by atoms with Crippen LogP contribution in [0.1, 0.15) is 27.8 Å². The van der Waals surface area contributed by atoms with E-state index in [0.29, 0.717) is 22.9 Å². The Kier molecular flexibility index (Phi) is 5.34. The summed E-state index contributed by atoms with van der Waals surface area (Å²) >= 11 is 5.82. The Morgan fingerprint density at radius 3 is 2.42 bits per heavy atom. The predicted molar refractivity (Wildman–Crippen MR) is 98.9 cm³/mol. The van der Waals surface area contributed by atoms with Gasteiger partial charge >= 0.3 is 5.97 Å². The van der Waals surface area contributed by atoms with Crippen LogP contribution in [0.4, 0.5) is 5.69 Å². The molecule has 0 atom stereocenters. The molecule has 26 heavy (non-hydrogen) atoms. The minimum atomic E-state index is -0.460. The molecule has 0 fully saturated rings. The first-order chi connectivity index (χ1) is 12.6. The second-order valence-corrected chi connectivity index (χ2v) is 5.81. The van der Waals surface area contributed by atoms with E-state index in [0.717, 1.165) is 5.69 Å². The standard InChI is InChI=1S/C19H16ClN3O3/c1-2-26-19(25)17-11-12-23(22-17)16-9-7-15(8-10-16)21-18(24)13-3-5-14(20)6-4-13/h3-12H,2H2,1H3,(H,21,24). The lowest BCUT2D eigenvalue weighted by molar-refractivity contribution is 0.0519. The van der Waals surface area contributed by atoms with E-state index in [9.17, 15) is 9.59 Å². The molecule has 1 aromatic heterocycles. The third-order valence-electron chi connectivity index (χ3n) is 3.57. The molecule has 0 aliphatic rings. The maximum Gasteiger partial charge on any atom is 0.358 e. The summed E-state index contributed by atoms with van der Waals surface area (Å²) in [5.74, 6) is -0.684. The van der Waals surface area contributed by atoms with Crippen molar-refractivity contribution in [3.05, 3.63) is 77.1 Å². The van der Waals surface area contributed by atoms with Crippen molar-refractivity contribution < 1.29 is 14.3 Å². The van der Waals surface area contributed by atoms with Gasteiger partial charge in [-0.05, 0) is 61.5 Å². The smallest absolute Gasteiger partial charge is 0.358 e. The van der Waals surface area contributed by atoms with Crippen molar-refractivity contribution in [3.63, 3.8) is 0 Å². The number of esters is 1. The zero-order valence-corrected chi connectivity index (χ0v) is 14.7. The Bertz CT molecular complexity index is 918. The van der Waals surface area contributed by atoms with Gasteiger partial charge in [-0.1, -0.05) is 11.6 Å². The second-order valence-electron chi connectivity index (χ2n) is 5.37. The van der Waals surface area contributed by atoms with E-state index in [-0.39, 0.29) is 11.6 Å². The van der Waals surface area contributed by atoms with E-state index in [1.807, 2.05) is 0 Å². The summed E-state index contributed by atoms with van der Waals surface area (Å²) in [6, 6.07) is 15.3. The number of benzene rings is 2. The first-order valence-electron chi connectivity index (χ1n) is 7.97. The van der Waals surface area contributed by atoms with E-state index >= 15 is 0 Å². The number of carbonyl (C=O) groups is 2. The van der Waals surface area contributed by atoms with Crippen LogP contribution in [0.25, 0.3) is 5.69 Å². The van der Waals surface area contributed by atoms with E-state index in [2.05, 4.69) is 10.4 Å². The molecular formula is C19H16ClN3O3. The van der Waals surface area contributed by atoms with Gasteiger partial charge in [0.25, 0.3) is 5.91 Å². The van der Waals surface area contributed by atoms with E-state index in [1.54, 1.807) is 72.4 Å². The molecule has 3 rings (SSSR count). The largest absolute Gasteiger partial charge is 0.461 e. The van der Waals surface area contributed by atoms with Crippen LogP contribution in [0.15, 0.2) is 60.8 Å². The molecule has 0 spiro atoms. The SMILES string of the molecule is CCOC(=O)c1ccn(-c2ccc(NC(=O)c3ccc(Cl)cc3)cc2)n1. The van der Waals surface area contributed by atoms with Crippen molar-refractivity contribution in [2.75, 3.05) is 11.9 Å². The minimum absolute atomic E-state index is 0.224. The maximum atomic E-state index is 12.2. The number of ether oxygens (including phenoxy) is 1. The van der Waals surface area contributed by atoms with Gasteiger partial charge in [0.2, 0.25) is 0 Å². The fourth-order valence-electron chi connectivity index (χ4n) is 2.28. The monoisotopic (exact) mass is 369 g/mol. The molecule has 0 unspecified atom stereocenters. The molecule has 7 heteroatoms. The summed E-state index contributed by atoms with van der Waals surface area (Å²) in [6.07, 6.45) is 1.67. The zero-order chi connectivity index (χ0) is 18.5. The van der Waals surface area contributed by atoms with Gasteiger partial charge < -0.3 is 10.1 Å². The molecule has 1 heterocycles. The number of amides is 1. The van der Waals surface area contributed by atoms with E-state index in [4.69, 9.17) is 16.3 Å². The van der Waals surface area contributed by atoms with Crippen LogP contribution < -0.4 is 5.32 Å². The van der Waals surface area contributed by atoms with Crippen LogP contribution in [0.3, 0.4) is 0 Å².